The van der Waals surface area contributed by atoms with Crippen molar-refractivity contribution in [1.82, 2.24) is 24.8 Å². The van der Waals surface area contributed by atoms with Crippen molar-refractivity contribution in [3.63, 3.8) is 0 Å². The van der Waals surface area contributed by atoms with Crippen LogP contribution in [0.25, 0.3) is 11.2 Å². The number of fused-ring (bicyclic) bond motifs is 2. The van der Waals surface area contributed by atoms with Crippen molar-refractivity contribution in [3.05, 3.63) is 12.7 Å². The molecule has 3 atom stereocenters. The van der Waals surface area contributed by atoms with Crippen LogP contribution < -0.4 is 11.1 Å². The molecule has 9 nitrogen and oxygen atoms in total. The topological polar surface area (TPSA) is 109 Å². The van der Waals surface area contributed by atoms with Gasteiger partial charge in [0, 0.05) is 12.6 Å². The van der Waals surface area contributed by atoms with Crippen LogP contribution in [0.2, 0.25) is 0 Å². The summed E-state index contributed by atoms with van der Waals surface area (Å²) in [5.74, 6) is -0.397. The summed E-state index contributed by atoms with van der Waals surface area (Å²) in [5, 5.41) is 3.41. The van der Waals surface area contributed by atoms with Crippen LogP contribution >= 0.6 is 0 Å². The molecular formula is C16H24N6O3. The normalized spacial score (nSPS) is 31.1. The van der Waals surface area contributed by atoms with Crippen LogP contribution in [0.4, 0.5) is 5.82 Å². The number of anilines is 1. The summed E-state index contributed by atoms with van der Waals surface area (Å²) < 4.78 is 20.5. The molecule has 2 fully saturated rings. The van der Waals surface area contributed by atoms with Crippen molar-refractivity contribution in [1.29, 1.82) is 0 Å². The Hall–Kier alpha value is -1.81. The third-order valence-corrected chi connectivity index (χ3v) is 4.62. The molecule has 2 aromatic heterocycles. The largest absolute Gasteiger partial charge is 0.382 e. The lowest BCUT2D eigenvalue weighted by molar-refractivity contribution is -0.204. The molecule has 0 bridgehead atoms. The number of rotatable bonds is 4. The van der Waals surface area contributed by atoms with Gasteiger partial charge in [-0.15, -0.1) is 0 Å². The maximum absolute atomic E-state index is 6.34. The first-order valence-electron chi connectivity index (χ1n) is 8.49. The Morgan fingerprint density at radius 2 is 2.16 bits per heavy atom. The lowest BCUT2D eigenvalue weighted by Gasteiger charge is -2.28. The second-order valence-corrected chi connectivity index (χ2v) is 7.34. The number of ether oxygens (including phenoxy) is 3. The van der Waals surface area contributed by atoms with E-state index in [9.17, 15) is 0 Å². The zero-order chi connectivity index (χ0) is 17.8. The zero-order valence-electron chi connectivity index (χ0n) is 14.9. The molecule has 25 heavy (non-hydrogen) atoms. The van der Waals surface area contributed by atoms with Gasteiger partial charge in [0.2, 0.25) is 5.72 Å². The molecule has 3 N–H and O–H groups in total. The average Bonchev–Trinajstić information content (AvgIpc) is 3.16. The summed E-state index contributed by atoms with van der Waals surface area (Å²) in [6.45, 7) is 9.03. The van der Waals surface area contributed by atoms with E-state index in [1.165, 1.54) is 6.33 Å². The Kier molecular flexibility index (Phi) is 3.73. The SMILES string of the molecule is CC(C)NCC1OC[C@]2(n3cnc4c(N)ncnc43)OC(C)(C)O[C@H]12. The van der Waals surface area contributed by atoms with Crippen LogP contribution in [-0.2, 0) is 19.9 Å². The minimum absolute atomic E-state index is 0.138. The molecule has 136 valence electrons. The van der Waals surface area contributed by atoms with Gasteiger partial charge in [-0.3, -0.25) is 4.57 Å². The summed E-state index contributed by atoms with van der Waals surface area (Å²) >= 11 is 0. The second kappa shape index (κ2) is 5.60. The number of imidazole rings is 1. The van der Waals surface area contributed by atoms with Gasteiger partial charge in [0.15, 0.2) is 17.3 Å². The molecular weight excluding hydrogens is 324 g/mol. The fourth-order valence-electron chi connectivity index (χ4n) is 3.60. The van der Waals surface area contributed by atoms with E-state index in [0.717, 1.165) is 0 Å². The molecule has 2 saturated heterocycles. The summed E-state index contributed by atoms with van der Waals surface area (Å²) in [6, 6.07) is 0.357. The van der Waals surface area contributed by atoms with Gasteiger partial charge in [-0.2, -0.15) is 0 Å². The molecule has 2 aromatic rings. The molecule has 2 aliphatic rings. The molecule has 0 amide bonds. The van der Waals surface area contributed by atoms with E-state index in [2.05, 4.69) is 34.1 Å². The Balaban J connectivity index is 1.76. The molecule has 9 heteroatoms. The highest BCUT2D eigenvalue weighted by Gasteiger charge is 2.62. The van der Waals surface area contributed by atoms with Crippen LogP contribution in [0.5, 0.6) is 0 Å². The van der Waals surface area contributed by atoms with Crippen molar-refractivity contribution in [2.45, 2.75) is 57.5 Å². The van der Waals surface area contributed by atoms with Gasteiger partial charge < -0.3 is 25.3 Å². The van der Waals surface area contributed by atoms with Crippen LogP contribution in [0.3, 0.4) is 0 Å². The highest BCUT2D eigenvalue weighted by molar-refractivity contribution is 5.81. The Morgan fingerprint density at radius 3 is 2.92 bits per heavy atom. The van der Waals surface area contributed by atoms with E-state index < -0.39 is 11.5 Å². The van der Waals surface area contributed by atoms with Crippen LogP contribution in [0.1, 0.15) is 27.7 Å². The molecule has 0 radical (unpaired) electrons. The number of nitrogen functional groups attached to an aromatic ring is 1. The number of nitrogens with zero attached hydrogens (tertiary/aromatic N) is 4. The lowest BCUT2D eigenvalue weighted by Crippen LogP contribution is -2.46. The smallest absolute Gasteiger partial charge is 0.203 e. The van der Waals surface area contributed by atoms with Crippen LogP contribution in [0, 0.1) is 0 Å². The van der Waals surface area contributed by atoms with E-state index in [-0.39, 0.29) is 12.2 Å². The van der Waals surface area contributed by atoms with E-state index in [0.29, 0.717) is 36.2 Å². The molecule has 2 aliphatic heterocycles. The second-order valence-electron chi connectivity index (χ2n) is 7.34. The monoisotopic (exact) mass is 348 g/mol. The predicted octanol–water partition coefficient (Wildman–Crippen LogP) is 0.610. The summed E-state index contributed by atoms with van der Waals surface area (Å²) in [4.78, 5) is 12.7. The average molecular weight is 348 g/mol. The van der Waals surface area contributed by atoms with E-state index in [4.69, 9.17) is 19.9 Å². The van der Waals surface area contributed by atoms with Gasteiger partial charge in [-0.05, 0) is 13.8 Å². The third kappa shape index (κ3) is 2.58. The maximum atomic E-state index is 6.34. The van der Waals surface area contributed by atoms with Crippen LogP contribution in [0.15, 0.2) is 12.7 Å². The summed E-state index contributed by atoms with van der Waals surface area (Å²) in [7, 11) is 0. The number of nitrogens with two attached hydrogens (primary N) is 1. The fraction of sp³-hybridized carbons (Fsp3) is 0.688. The van der Waals surface area contributed by atoms with E-state index in [1.54, 1.807) is 6.33 Å². The minimum Gasteiger partial charge on any atom is -0.382 e. The minimum atomic E-state index is -0.831. The molecule has 0 saturated carbocycles. The fourth-order valence-corrected chi connectivity index (χ4v) is 3.60. The number of nitrogens with one attached hydrogen (secondary N) is 1. The predicted molar refractivity (Wildman–Crippen MR) is 90.6 cm³/mol. The van der Waals surface area contributed by atoms with Gasteiger partial charge in [-0.25, -0.2) is 15.0 Å². The van der Waals surface area contributed by atoms with Gasteiger partial charge in [-0.1, -0.05) is 13.8 Å². The van der Waals surface area contributed by atoms with Crippen LogP contribution in [-0.4, -0.2) is 56.7 Å². The Morgan fingerprint density at radius 1 is 1.36 bits per heavy atom. The van der Waals surface area contributed by atoms with Gasteiger partial charge in [0.1, 0.15) is 24.1 Å². The van der Waals surface area contributed by atoms with Crippen molar-refractivity contribution >= 4 is 17.0 Å². The lowest BCUT2D eigenvalue weighted by atomic mass is 10.1. The number of aromatic nitrogens is 4. The molecule has 0 aliphatic carbocycles. The Labute approximate surface area is 145 Å². The number of hydrogen-bond donors (Lipinski definition) is 2. The van der Waals surface area contributed by atoms with E-state index in [1.807, 2.05) is 18.4 Å². The zero-order valence-corrected chi connectivity index (χ0v) is 14.9. The van der Waals surface area contributed by atoms with Gasteiger partial charge >= 0.3 is 0 Å². The Bertz CT molecular complexity index is 791. The van der Waals surface area contributed by atoms with Crippen molar-refractivity contribution in [3.8, 4) is 0 Å². The maximum Gasteiger partial charge on any atom is 0.203 e. The summed E-state index contributed by atoms with van der Waals surface area (Å²) in [6.07, 6.45) is 2.67. The molecule has 4 heterocycles. The van der Waals surface area contributed by atoms with Gasteiger partial charge in [0.25, 0.3) is 0 Å². The first-order chi connectivity index (χ1) is 11.8. The molecule has 0 aromatic carbocycles. The molecule has 0 spiro atoms. The highest BCUT2D eigenvalue weighted by Crippen LogP contribution is 2.47. The van der Waals surface area contributed by atoms with Crippen molar-refractivity contribution in [2.24, 2.45) is 0 Å². The summed E-state index contributed by atoms with van der Waals surface area (Å²) in [5.41, 5.74) is 6.25. The standard InChI is InChI=1S/C16H24N6O3/c1-9(2)18-5-10-12-16(6-23-10,25-15(3,4)24-12)22-8-21-11-13(17)19-7-20-14(11)22/h7-10,12,18H,5-6H2,1-4H3,(H2,17,19,20)/t10?,12-,16+/m1/s1. The molecule has 4 rings (SSSR count). The first-order valence-corrected chi connectivity index (χ1v) is 8.49. The van der Waals surface area contributed by atoms with E-state index >= 15 is 0 Å². The first kappa shape index (κ1) is 16.6. The quantitative estimate of drug-likeness (QED) is 0.827. The number of hydrogen-bond acceptors (Lipinski definition) is 8. The third-order valence-electron chi connectivity index (χ3n) is 4.62. The van der Waals surface area contributed by atoms with Gasteiger partial charge in [0.05, 0.1) is 12.9 Å². The molecule has 1 unspecified atom stereocenters. The van der Waals surface area contributed by atoms with Crippen molar-refractivity contribution in [2.75, 3.05) is 18.9 Å². The highest BCUT2D eigenvalue weighted by atomic mass is 16.8. The van der Waals surface area contributed by atoms with Crippen molar-refractivity contribution < 1.29 is 14.2 Å².